The Bertz CT molecular complexity index is 1640. The lowest BCUT2D eigenvalue weighted by atomic mass is 10.2. The number of para-hydroxylation sites is 1. The fourth-order valence-corrected chi connectivity index (χ4v) is 5.61. The van der Waals surface area contributed by atoms with E-state index in [9.17, 15) is 21.6 Å². The predicted octanol–water partition coefficient (Wildman–Crippen LogP) is 4.08. The highest BCUT2D eigenvalue weighted by Gasteiger charge is 2.35. The molecule has 4 aromatic rings. The molecule has 0 aliphatic heterocycles. The second-order valence-electron chi connectivity index (χ2n) is 9.34. The zero-order chi connectivity index (χ0) is 31.4. The van der Waals surface area contributed by atoms with Crippen LogP contribution in [0, 0.1) is 6.92 Å². The molecule has 0 fully saturated rings. The molecule has 4 rings (SSSR count). The molecule has 0 unspecified atom stereocenters. The maximum absolute atomic E-state index is 13.8. The van der Waals surface area contributed by atoms with Gasteiger partial charge in [0, 0.05) is 25.6 Å². The van der Waals surface area contributed by atoms with Crippen molar-refractivity contribution in [2.75, 3.05) is 27.9 Å². The first-order valence-corrected chi connectivity index (χ1v) is 14.5. The molecule has 0 spiro atoms. The number of nitrogens with zero attached hydrogens (tertiary/aromatic N) is 6. The van der Waals surface area contributed by atoms with Crippen LogP contribution in [-0.4, -0.2) is 77.5 Å². The lowest BCUT2D eigenvalue weighted by Crippen LogP contribution is -2.30. The Morgan fingerprint density at radius 1 is 0.953 bits per heavy atom. The third-order valence-corrected chi connectivity index (χ3v) is 8.36. The van der Waals surface area contributed by atoms with E-state index in [2.05, 4.69) is 25.1 Å². The largest absolute Gasteiger partial charge is 0.494 e. The number of hydrogen-bond acceptors (Lipinski definition) is 11. The number of rotatable bonds is 12. The Balaban J connectivity index is 1.83. The SMILES string of the molecule is COc1cccc(OC)c1-n1c(CS(=O)(=O)[C@@H](C)[C@H](OC)c2ncc(C)cn2)nnc1-c1cccc(OCC(F)(F)F)n1. The molecule has 3 aromatic heterocycles. The van der Waals surface area contributed by atoms with Gasteiger partial charge in [0.25, 0.3) is 0 Å². The van der Waals surface area contributed by atoms with Crippen LogP contribution in [0.1, 0.15) is 30.2 Å². The molecule has 16 heteroatoms. The van der Waals surface area contributed by atoms with E-state index in [1.807, 2.05) is 0 Å². The molecule has 0 saturated carbocycles. The molecule has 2 atom stereocenters. The molecular weight excluding hydrogens is 593 g/mol. The Morgan fingerprint density at radius 3 is 2.16 bits per heavy atom. The monoisotopic (exact) mass is 622 g/mol. The van der Waals surface area contributed by atoms with Crippen LogP contribution in [0.3, 0.4) is 0 Å². The standard InChI is InChI=1S/C27H29F3N6O6S/c1-16-12-31-25(32-13-16)24(41-5)17(2)43(37,38)14-21-34-35-26(18-8-6-11-22(33-18)42-15-27(28,29)30)36(21)23-19(39-3)9-7-10-20(23)40-4/h6-13,17,24H,14-15H2,1-5H3/t17-,24-/m0/s1. The van der Waals surface area contributed by atoms with Gasteiger partial charge in [0.05, 0.1) is 19.5 Å². The molecule has 0 bridgehead atoms. The first kappa shape index (κ1) is 31.6. The van der Waals surface area contributed by atoms with Gasteiger partial charge in [-0.05, 0) is 37.6 Å². The average molecular weight is 623 g/mol. The van der Waals surface area contributed by atoms with Gasteiger partial charge in [0.15, 0.2) is 33.9 Å². The lowest BCUT2D eigenvalue weighted by Gasteiger charge is -2.22. The minimum absolute atomic E-state index is 0.00303. The van der Waals surface area contributed by atoms with Gasteiger partial charge in [0.1, 0.15) is 34.7 Å². The third kappa shape index (κ3) is 7.19. The Hall–Kier alpha value is -4.31. The third-order valence-electron chi connectivity index (χ3n) is 6.32. The summed E-state index contributed by atoms with van der Waals surface area (Å²) in [4.78, 5) is 12.6. The fourth-order valence-electron chi connectivity index (χ4n) is 4.19. The summed E-state index contributed by atoms with van der Waals surface area (Å²) in [5.74, 6) is -0.245. The van der Waals surface area contributed by atoms with Gasteiger partial charge in [0.2, 0.25) is 5.88 Å². The molecule has 12 nitrogen and oxygen atoms in total. The van der Waals surface area contributed by atoms with Gasteiger partial charge in [-0.15, -0.1) is 10.2 Å². The second kappa shape index (κ2) is 12.9. The van der Waals surface area contributed by atoms with E-state index in [0.717, 1.165) is 5.56 Å². The van der Waals surface area contributed by atoms with E-state index in [0.29, 0.717) is 0 Å². The normalized spacial score (nSPS) is 13.4. The molecule has 230 valence electrons. The van der Waals surface area contributed by atoms with Crippen LogP contribution in [-0.2, 0) is 20.3 Å². The summed E-state index contributed by atoms with van der Waals surface area (Å²) in [6, 6.07) is 9.06. The molecule has 0 saturated heterocycles. The first-order chi connectivity index (χ1) is 20.4. The summed E-state index contributed by atoms with van der Waals surface area (Å²) >= 11 is 0. The Morgan fingerprint density at radius 2 is 1.58 bits per heavy atom. The number of alkyl halides is 3. The van der Waals surface area contributed by atoms with Crippen molar-refractivity contribution in [2.24, 2.45) is 0 Å². The van der Waals surface area contributed by atoms with E-state index in [1.54, 1.807) is 37.5 Å². The number of halogens is 3. The minimum Gasteiger partial charge on any atom is -0.494 e. The van der Waals surface area contributed by atoms with Gasteiger partial charge in [-0.2, -0.15) is 13.2 Å². The van der Waals surface area contributed by atoms with E-state index < -0.39 is 39.7 Å². The van der Waals surface area contributed by atoms with Crippen LogP contribution in [0.25, 0.3) is 17.2 Å². The molecule has 0 radical (unpaired) electrons. The molecule has 43 heavy (non-hydrogen) atoms. The van der Waals surface area contributed by atoms with Crippen LogP contribution in [0.15, 0.2) is 48.8 Å². The quantitative estimate of drug-likeness (QED) is 0.226. The highest BCUT2D eigenvalue weighted by atomic mass is 32.2. The van der Waals surface area contributed by atoms with Crippen molar-refractivity contribution in [1.29, 1.82) is 0 Å². The van der Waals surface area contributed by atoms with Gasteiger partial charge in [-0.1, -0.05) is 12.1 Å². The number of pyridine rings is 1. The predicted molar refractivity (Wildman–Crippen MR) is 148 cm³/mol. The molecule has 0 amide bonds. The van der Waals surface area contributed by atoms with Crippen molar-refractivity contribution >= 4 is 9.84 Å². The van der Waals surface area contributed by atoms with Crippen molar-refractivity contribution in [3.8, 4) is 34.6 Å². The van der Waals surface area contributed by atoms with Crippen molar-refractivity contribution in [3.63, 3.8) is 0 Å². The van der Waals surface area contributed by atoms with Crippen LogP contribution < -0.4 is 14.2 Å². The van der Waals surface area contributed by atoms with Gasteiger partial charge >= 0.3 is 6.18 Å². The number of aromatic nitrogens is 6. The zero-order valence-corrected chi connectivity index (χ0v) is 24.7. The van der Waals surface area contributed by atoms with E-state index in [-0.39, 0.29) is 46.2 Å². The van der Waals surface area contributed by atoms with Crippen molar-refractivity contribution in [3.05, 3.63) is 66.0 Å². The summed E-state index contributed by atoms with van der Waals surface area (Å²) < 4.78 is 88.7. The highest BCUT2D eigenvalue weighted by Crippen LogP contribution is 2.37. The van der Waals surface area contributed by atoms with Crippen LogP contribution in [0.2, 0.25) is 0 Å². The Kier molecular flexibility index (Phi) is 9.49. The molecule has 0 N–H and O–H groups in total. The number of aryl methyl sites for hydroxylation is 1. The second-order valence-corrected chi connectivity index (χ2v) is 11.7. The number of sulfone groups is 1. The average Bonchev–Trinajstić information content (AvgIpc) is 3.38. The van der Waals surface area contributed by atoms with Crippen LogP contribution in [0.4, 0.5) is 13.2 Å². The van der Waals surface area contributed by atoms with Crippen molar-refractivity contribution < 1.29 is 40.5 Å². The van der Waals surface area contributed by atoms with Gasteiger partial charge in [-0.3, -0.25) is 4.57 Å². The topological polar surface area (TPSA) is 140 Å². The van der Waals surface area contributed by atoms with Crippen molar-refractivity contribution in [1.82, 2.24) is 29.7 Å². The van der Waals surface area contributed by atoms with E-state index in [1.165, 1.54) is 51.0 Å². The number of benzene rings is 1. The Labute approximate surface area is 245 Å². The zero-order valence-electron chi connectivity index (χ0n) is 23.9. The lowest BCUT2D eigenvalue weighted by molar-refractivity contribution is -0.154. The molecule has 1 aromatic carbocycles. The molecular formula is C27H29F3N6O6S. The first-order valence-electron chi connectivity index (χ1n) is 12.7. The van der Waals surface area contributed by atoms with Crippen LogP contribution in [0.5, 0.6) is 17.4 Å². The maximum Gasteiger partial charge on any atom is 0.422 e. The molecule has 0 aliphatic rings. The summed E-state index contributed by atoms with van der Waals surface area (Å²) in [6.45, 7) is 1.72. The maximum atomic E-state index is 13.8. The molecule has 0 aliphatic carbocycles. The van der Waals surface area contributed by atoms with Gasteiger partial charge in [-0.25, -0.2) is 23.4 Å². The van der Waals surface area contributed by atoms with Gasteiger partial charge < -0.3 is 18.9 Å². The summed E-state index contributed by atoms with van der Waals surface area (Å²) in [5, 5.41) is 7.22. The van der Waals surface area contributed by atoms with E-state index in [4.69, 9.17) is 18.9 Å². The number of hydrogen-bond donors (Lipinski definition) is 0. The summed E-state index contributed by atoms with van der Waals surface area (Å²) in [6.07, 6.45) is -2.45. The summed E-state index contributed by atoms with van der Waals surface area (Å²) in [5.41, 5.74) is 1.10. The minimum atomic E-state index is -4.58. The number of ether oxygens (including phenoxy) is 4. The van der Waals surface area contributed by atoms with E-state index >= 15 is 0 Å². The van der Waals surface area contributed by atoms with Crippen LogP contribution >= 0.6 is 0 Å². The number of methoxy groups -OCH3 is 3. The summed E-state index contributed by atoms with van der Waals surface area (Å²) in [7, 11) is 0.150. The van der Waals surface area contributed by atoms with Crippen molar-refractivity contribution in [2.45, 2.75) is 37.1 Å². The smallest absolute Gasteiger partial charge is 0.422 e. The molecule has 3 heterocycles. The fraction of sp³-hybridized carbons (Fsp3) is 0.370. The highest BCUT2D eigenvalue weighted by molar-refractivity contribution is 7.91.